The number of benzene rings is 1. The fraction of sp³-hybridized carbons (Fsp3) is 0.286. The first-order chi connectivity index (χ1) is 16.5. The van der Waals surface area contributed by atoms with Crippen LogP contribution in [0.2, 0.25) is 0 Å². The number of hydrogen-bond donors (Lipinski definition) is 5. The van der Waals surface area contributed by atoms with Crippen molar-refractivity contribution in [1.29, 1.82) is 0 Å². The number of nitrogens with two attached hydrogens (primary N) is 1. The van der Waals surface area contributed by atoms with Crippen molar-refractivity contribution >= 4 is 13.5 Å². The minimum absolute atomic E-state index is 0.190. The third-order valence-electron chi connectivity index (χ3n) is 5.47. The Hall–Kier alpha value is -3.16. The Morgan fingerprint density at radius 3 is 2.54 bits per heavy atom. The molecule has 1 fully saturated rings. The van der Waals surface area contributed by atoms with Crippen LogP contribution in [0.5, 0.6) is 0 Å². The largest absolute Gasteiger partial charge is 0.469 e. The molecule has 4 atom stereocenters. The molecular weight excluding hydrogens is 483 g/mol. The van der Waals surface area contributed by atoms with Gasteiger partial charge in [-0.2, -0.15) is 0 Å². The van der Waals surface area contributed by atoms with Gasteiger partial charge < -0.3 is 30.5 Å². The number of phosphoric ester groups is 1. The lowest BCUT2D eigenvalue weighted by Crippen LogP contribution is -2.43. The van der Waals surface area contributed by atoms with Gasteiger partial charge in [-0.25, -0.2) is 9.36 Å². The molecule has 14 heteroatoms. The molecule has 1 aromatic carbocycles. The number of ether oxygens (including phenoxy) is 1. The molecule has 0 amide bonds. The van der Waals surface area contributed by atoms with Gasteiger partial charge in [0.15, 0.2) is 6.23 Å². The third kappa shape index (κ3) is 5.57. The molecule has 1 aliphatic heterocycles. The van der Waals surface area contributed by atoms with E-state index in [2.05, 4.69) is 9.51 Å². The average Bonchev–Trinajstić information content (AvgIpc) is 3.09. The number of aliphatic hydroxyl groups excluding tert-OH is 2. The Bertz CT molecular complexity index is 1390. The Morgan fingerprint density at radius 2 is 1.83 bits per heavy atom. The second-order valence-corrected chi connectivity index (χ2v) is 9.16. The van der Waals surface area contributed by atoms with E-state index in [1.165, 1.54) is 6.20 Å². The van der Waals surface area contributed by atoms with Gasteiger partial charge in [0.05, 0.1) is 18.8 Å². The minimum Gasteiger partial charge on any atom is -0.399 e. The Balaban J connectivity index is 1.61. The third-order valence-corrected chi connectivity index (χ3v) is 5.96. The van der Waals surface area contributed by atoms with Crippen molar-refractivity contribution in [2.45, 2.75) is 31.1 Å². The lowest BCUT2D eigenvalue weighted by molar-refractivity contribution is -0.0548. The van der Waals surface area contributed by atoms with Crippen LogP contribution in [-0.4, -0.2) is 59.0 Å². The number of pyridine rings is 1. The highest BCUT2D eigenvalue weighted by Gasteiger charge is 2.45. The molecule has 13 nitrogen and oxygen atoms in total. The number of phosphoric acid groups is 1. The molecule has 0 bridgehead atoms. The van der Waals surface area contributed by atoms with Gasteiger partial charge in [-0.05, 0) is 35.4 Å². The monoisotopic (exact) mass is 506 g/mol. The van der Waals surface area contributed by atoms with Gasteiger partial charge in [0.1, 0.15) is 18.3 Å². The number of aromatic nitrogens is 3. The normalized spacial score (nSPS) is 22.4. The molecule has 2 aromatic heterocycles. The predicted octanol–water partition coefficient (Wildman–Crippen LogP) is -0.569. The Kier molecular flexibility index (Phi) is 7.01. The van der Waals surface area contributed by atoms with E-state index < -0.39 is 50.2 Å². The number of anilines is 1. The summed E-state index contributed by atoms with van der Waals surface area (Å²) in [7, 11) is -4.85. The van der Waals surface area contributed by atoms with Crippen molar-refractivity contribution in [3.63, 3.8) is 0 Å². The van der Waals surface area contributed by atoms with Gasteiger partial charge >= 0.3 is 13.5 Å². The van der Waals surface area contributed by atoms with Gasteiger partial charge in [0.2, 0.25) is 0 Å². The van der Waals surface area contributed by atoms with Crippen LogP contribution >= 0.6 is 7.82 Å². The Labute approximate surface area is 197 Å². The van der Waals surface area contributed by atoms with E-state index in [0.717, 1.165) is 32.5 Å². The van der Waals surface area contributed by atoms with E-state index >= 15 is 0 Å². The SMILES string of the molecule is Nc1cccc(-c2ccnc(Cn3c(=O)ccn([C@@H]4O[C@H](COP(=O)(O)O)C(O)C4O)c3=O)c2)c1. The number of aliphatic hydroxyl groups is 2. The molecule has 0 saturated carbocycles. The van der Waals surface area contributed by atoms with Crippen molar-refractivity contribution in [3.8, 4) is 11.1 Å². The molecule has 1 aliphatic rings. The first-order valence-corrected chi connectivity index (χ1v) is 11.9. The van der Waals surface area contributed by atoms with E-state index in [1.807, 2.05) is 6.07 Å². The fourth-order valence-electron chi connectivity index (χ4n) is 3.76. The molecule has 1 saturated heterocycles. The van der Waals surface area contributed by atoms with Crippen LogP contribution in [-0.2, 0) is 20.4 Å². The predicted molar refractivity (Wildman–Crippen MR) is 122 cm³/mol. The average molecular weight is 506 g/mol. The smallest absolute Gasteiger partial charge is 0.399 e. The first kappa shape index (κ1) is 24.9. The summed E-state index contributed by atoms with van der Waals surface area (Å²) in [6.07, 6.45) is -3.35. The molecule has 0 radical (unpaired) electrons. The van der Waals surface area contributed by atoms with Gasteiger partial charge in [-0.3, -0.25) is 23.4 Å². The summed E-state index contributed by atoms with van der Waals surface area (Å²) in [5.74, 6) is 0. The van der Waals surface area contributed by atoms with Crippen LogP contribution in [0.15, 0.2) is 64.4 Å². The zero-order valence-corrected chi connectivity index (χ0v) is 19.0. The highest BCUT2D eigenvalue weighted by molar-refractivity contribution is 7.46. The van der Waals surface area contributed by atoms with Crippen molar-refractivity contribution in [3.05, 3.63) is 81.4 Å². The quantitative estimate of drug-likeness (QED) is 0.203. The summed E-state index contributed by atoms with van der Waals surface area (Å²) in [6.45, 7) is -0.918. The molecule has 2 unspecified atom stereocenters. The minimum atomic E-state index is -4.85. The molecule has 3 heterocycles. The summed E-state index contributed by atoms with van der Waals surface area (Å²) >= 11 is 0. The molecule has 35 heavy (non-hydrogen) atoms. The summed E-state index contributed by atoms with van der Waals surface area (Å²) in [6, 6.07) is 11.7. The zero-order valence-electron chi connectivity index (χ0n) is 18.1. The van der Waals surface area contributed by atoms with Crippen LogP contribution in [0, 0.1) is 0 Å². The molecule has 4 rings (SSSR count). The van der Waals surface area contributed by atoms with Crippen molar-refractivity contribution in [2.75, 3.05) is 12.3 Å². The molecule has 0 spiro atoms. The standard InChI is InChI=1S/C21H23N4O9P/c22-14-3-1-2-12(8-14)13-4-6-23-15(9-13)10-25-17(26)5-7-24(21(25)29)20-19(28)18(27)16(34-20)11-33-35(30,31)32/h1-9,16,18-20,27-28H,10-11,22H2,(H2,30,31,32)/t16-,18?,19?,20-/m1/s1. The number of nitrogens with zero attached hydrogens (tertiary/aromatic N) is 3. The van der Waals surface area contributed by atoms with Gasteiger partial charge in [-0.15, -0.1) is 0 Å². The Morgan fingerprint density at radius 1 is 1.09 bits per heavy atom. The molecule has 6 N–H and O–H groups in total. The first-order valence-electron chi connectivity index (χ1n) is 10.4. The number of hydrogen-bond acceptors (Lipinski definition) is 9. The van der Waals surface area contributed by atoms with Crippen molar-refractivity contribution < 1.29 is 33.8 Å². The lowest BCUT2D eigenvalue weighted by Gasteiger charge is -2.18. The summed E-state index contributed by atoms with van der Waals surface area (Å²) < 4.78 is 22.5. The van der Waals surface area contributed by atoms with Crippen molar-refractivity contribution in [1.82, 2.24) is 14.1 Å². The molecule has 0 aliphatic carbocycles. The zero-order chi connectivity index (χ0) is 25.3. The van der Waals surface area contributed by atoms with Crippen LogP contribution in [0.1, 0.15) is 11.9 Å². The summed E-state index contributed by atoms with van der Waals surface area (Å²) in [5, 5.41) is 20.6. The maximum absolute atomic E-state index is 13.1. The van der Waals surface area contributed by atoms with Crippen LogP contribution in [0.25, 0.3) is 11.1 Å². The number of nitrogen functional groups attached to an aromatic ring is 1. The second kappa shape index (κ2) is 9.84. The topological polar surface area (TPSA) is 199 Å². The molecule has 3 aromatic rings. The van der Waals surface area contributed by atoms with Gasteiger partial charge in [0, 0.05) is 24.1 Å². The van der Waals surface area contributed by atoms with E-state index in [-0.39, 0.29) is 6.54 Å². The second-order valence-electron chi connectivity index (χ2n) is 7.92. The van der Waals surface area contributed by atoms with E-state index in [0.29, 0.717) is 11.4 Å². The maximum Gasteiger partial charge on any atom is 0.469 e. The highest BCUT2D eigenvalue weighted by Crippen LogP contribution is 2.38. The van der Waals surface area contributed by atoms with E-state index in [4.69, 9.17) is 20.3 Å². The lowest BCUT2D eigenvalue weighted by atomic mass is 10.1. The van der Waals surface area contributed by atoms with E-state index in [1.54, 1.807) is 30.3 Å². The molecular formula is C21H23N4O9P. The highest BCUT2D eigenvalue weighted by atomic mass is 31.2. The van der Waals surface area contributed by atoms with Gasteiger partial charge in [0.25, 0.3) is 5.56 Å². The van der Waals surface area contributed by atoms with Crippen molar-refractivity contribution in [2.24, 2.45) is 0 Å². The maximum atomic E-state index is 13.1. The summed E-state index contributed by atoms with van der Waals surface area (Å²) in [5.41, 5.74) is 6.95. The van der Waals surface area contributed by atoms with Gasteiger partial charge in [-0.1, -0.05) is 12.1 Å². The molecule has 186 valence electrons. The number of rotatable bonds is 7. The van der Waals surface area contributed by atoms with Crippen LogP contribution in [0.3, 0.4) is 0 Å². The summed E-state index contributed by atoms with van der Waals surface area (Å²) in [4.78, 5) is 47.5. The fourth-order valence-corrected chi connectivity index (χ4v) is 4.10. The van der Waals surface area contributed by atoms with Crippen LogP contribution < -0.4 is 17.0 Å². The van der Waals surface area contributed by atoms with E-state index in [9.17, 15) is 24.4 Å². The van der Waals surface area contributed by atoms with Crippen LogP contribution in [0.4, 0.5) is 5.69 Å².